The maximum absolute atomic E-state index is 12.3. The van der Waals surface area contributed by atoms with Gasteiger partial charge in [0.25, 0.3) is 5.69 Å². The molecule has 8 heteroatoms. The van der Waals surface area contributed by atoms with E-state index in [2.05, 4.69) is 0 Å². The summed E-state index contributed by atoms with van der Waals surface area (Å²) in [5, 5.41) is 10.6. The number of benzene rings is 1. The third kappa shape index (κ3) is 4.43. The van der Waals surface area contributed by atoms with Crippen molar-refractivity contribution in [3.05, 3.63) is 34.4 Å². The van der Waals surface area contributed by atoms with Gasteiger partial charge in [0.2, 0.25) is 0 Å². The van der Waals surface area contributed by atoms with Crippen LogP contribution in [0.2, 0.25) is 0 Å². The van der Waals surface area contributed by atoms with Gasteiger partial charge >= 0.3 is 12.1 Å². The quantitative estimate of drug-likeness (QED) is 0.364. The molecule has 1 heterocycles. The molecular weight excluding hydrogens is 316 g/mol. The van der Waals surface area contributed by atoms with E-state index in [1.807, 2.05) is 0 Å². The van der Waals surface area contributed by atoms with Crippen LogP contribution >= 0.6 is 0 Å². The summed E-state index contributed by atoms with van der Waals surface area (Å²) in [6, 6.07) is 4.49. The van der Waals surface area contributed by atoms with E-state index in [1.54, 1.807) is 20.8 Å². The number of ether oxygens (including phenoxy) is 2. The van der Waals surface area contributed by atoms with Gasteiger partial charge < -0.3 is 9.47 Å². The van der Waals surface area contributed by atoms with Crippen LogP contribution in [-0.4, -0.2) is 40.1 Å². The van der Waals surface area contributed by atoms with Crippen molar-refractivity contribution in [2.45, 2.75) is 45.3 Å². The first-order valence-corrected chi connectivity index (χ1v) is 7.63. The summed E-state index contributed by atoms with van der Waals surface area (Å²) in [6.45, 7) is 5.69. The number of nitro benzene ring substituents is 1. The summed E-state index contributed by atoms with van der Waals surface area (Å²) in [7, 11) is 0. The van der Waals surface area contributed by atoms with Gasteiger partial charge in [0, 0.05) is 18.7 Å². The first-order valence-electron chi connectivity index (χ1n) is 7.63. The number of likely N-dealkylation sites (tertiary alicyclic amines) is 1. The van der Waals surface area contributed by atoms with Crippen molar-refractivity contribution in [2.75, 3.05) is 6.54 Å². The molecule has 1 aromatic rings. The molecule has 0 bridgehead atoms. The fraction of sp³-hybridized carbons (Fsp3) is 0.500. The minimum Gasteiger partial charge on any atom is -0.444 e. The lowest BCUT2D eigenvalue weighted by molar-refractivity contribution is -0.384. The number of rotatable bonds is 3. The average molecular weight is 336 g/mol. The molecule has 130 valence electrons. The molecule has 1 aliphatic heterocycles. The number of nitro groups is 1. The molecule has 1 unspecified atom stereocenters. The zero-order valence-electron chi connectivity index (χ0n) is 13.9. The Hall–Kier alpha value is -2.64. The molecule has 0 aliphatic carbocycles. The van der Waals surface area contributed by atoms with Crippen LogP contribution in [0.25, 0.3) is 0 Å². The second kappa shape index (κ2) is 6.86. The molecule has 1 saturated heterocycles. The van der Waals surface area contributed by atoms with E-state index in [-0.39, 0.29) is 11.4 Å². The Labute approximate surface area is 139 Å². The highest BCUT2D eigenvalue weighted by Crippen LogP contribution is 2.24. The number of amides is 1. The zero-order chi connectivity index (χ0) is 17.9. The standard InChI is InChI=1S/C16H20N2O6/c1-16(2,3)24-15(20)17-10-4-5-13(17)14(19)23-12-8-6-11(7-9-12)18(21)22/h6-9,13H,4-5,10H2,1-3H3. The third-order valence-electron chi connectivity index (χ3n) is 3.42. The molecule has 1 aliphatic rings. The molecular formula is C16H20N2O6. The number of non-ortho nitro benzene ring substituents is 1. The minimum atomic E-state index is -0.713. The van der Waals surface area contributed by atoms with Gasteiger partial charge in [0.1, 0.15) is 17.4 Å². The second-order valence-corrected chi connectivity index (χ2v) is 6.50. The van der Waals surface area contributed by atoms with E-state index in [0.29, 0.717) is 19.4 Å². The zero-order valence-corrected chi connectivity index (χ0v) is 13.9. The van der Waals surface area contributed by atoms with E-state index in [4.69, 9.17) is 9.47 Å². The number of hydrogen-bond donors (Lipinski definition) is 0. The number of carbonyl (C=O) groups excluding carboxylic acids is 2. The van der Waals surface area contributed by atoms with Gasteiger partial charge in [-0.15, -0.1) is 0 Å². The summed E-state index contributed by atoms with van der Waals surface area (Å²) >= 11 is 0. The lowest BCUT2D eigenvalue weighted by Gasteiger charge is -2.27. The van der Waals surface area contributed by atoms with Crippen LogP contribution < -0.4 is 4.74 Å². The summed E-state index contributed by atoms with van der Waals surface area (Å²) in [5.41, 5.74) is -0.738. The SMILES string of the molecule is CC(C)(C)OC(=O)N1CCCC1C(=O)Oc1ccc([N+](=O)[O-])cc1. The van der Waals surface area contributed by atoms with Crippen LogP contribution in [0.5, 0.6) is 5.75 Å². The predicted octanol–water partition coefficient (Wildman–Crippen LogP) is 2.90. The fourth-order valence-corrected chi connectivity index (χ4v) is 2.37. The fourth-order valence-electron chi connectivity index (χ4n) is 2.37. The largest absolute Gasteiger partial charge is 0.444 e. The van der Waals surface area contributed by atoms with Crippen LogP contribution in [0.15, 0.2) is 24.3 Å². The highest BCUT2D eigenvalue weighted by molar-refractivity contribution is 5.83. The van der Waals surface area contributed by atoms with Crippen LogP contribution in [0.1, 0.15) is 33.6 Å². The monoisotopic (exact) mass is 336 g/mol. The maximum atomic E-state index is 12.3. The van der Waals surface area contributed by atoms with E-state index >= 15 is 0 Å². The Bertz CT molecular complexity index is 635. The molecule has 1 aromatic carbocycles. The van der Waals surface area contributed by atoms with Crippen molar-refractivity contribution in [1.82, 2.24) is 4.90 Å². The Morgan fingerprint density at radius 2 is 1.88 bits per heavy atom. The van der Waals surface area contributed by atoms with E-state index in [0.717, 1.165) is 0 Å². The number of nitrogens with zero attached hydrogens (tertiary/aromatic N) is 2. The van der Waals surface area contributed by atoms with Crippen LogP contribution in [0, 0.1) is 10.1 Å². The smallest absolute Gasteiger partial charge is 0.411 e. The van der Waals surface area contributed by atoms with Crippen molar-refractivity contribution in [3.63, 3.8) is 0 Å². The normalized spacial score (nSPS) is 17.5. The average Bonchev–Trinajstić information content (AvgIpc) is 2.95. The summed E-state index contributed by atoms with van der Waals surface area (Å²) in [4.78, 5) is 35.9. The van der Waals surface area contributed by atoms with E-state index < -0.39 is 28.6 Å². The van der Waals surface area contributed by atoms with E-state index in [9.17, 15) is 19.7 Å². The van der Waals surface area contributed by atoms with Crippen LogP contribution in [0.4, 0.5) is 10.5 Å². The molecule has 0 radical (unpaired) electrons. The number of esters is 1. The van der Waals surface area contributed by atoms with E-state index in [1.165, 1.54) is 29.2 Å². The molecule has 2 rings (SSSR count). The summed E-state index contributed by atoms with van der Waals surface area (Å²) in [6.07, 6.45) is 0.621. The molecule has 0 saturated carbocycles. The van der Waals surface area contributed by atoms with Crippen LogP contribution in [0.3, 0.4) is 0 Å². The Kier molecular flexibility index (Phi) is 5.06. The highest BCUT2D eigenvalue weighted by atomic mass is 16.6. The second-order valence-electron chi connectivity index (χ2n) is 6.50. The van der Waals surface area contributed by atoms with Crippen molar-refractivity contribution in [1.29, 1.82) is 0 Å². The molecule has 1 amide bonds. The topological polar surface area (TPSA) is 99.0 Å². The van der Waals surface area contributed by atoms with Gasteiger partial charge in [-0.25, -0.2) is 9.59 Å². The Balaban J connectivity index is 2.02. The molecule has 1 fully saturated rings. The molecule has 0 N–H and O–H groups in total. The highest BCUT2D eigenvalue weighted by Gasteiger charge is 2.37. The minimum absolute atomic E-state index is 0.0916. The first-order chi connectivity index (χ1) is 11.2. The molecule has 24 heavy (non-hydrogen) atoms. The van der Waals surface area contributed by atoms with Gasteiger partial charge in [-0.2, -0.15) is 0 Å². The third-order valence-corrected chi connectivity index (χ3v) is 3.42. The van der Waals surface area contributed by atoms with Gasteiger partial charge in [-0.3, -0.25) is 15.0 Å². The summed E-state index contributed by atoms with van der Waals surface area (Å²) in [5.74, 6) is -0.381. The van der Waals surface area contributed by atoms with Gasteiger partial charge in [0.15, 0.2) is 0 Å². The summed E-state index contributed by atoms with van der Waals surface area (Å²) < 4.78 is 10.5. The maximum Gasteiger partial charge on any atom is 0.411 e. The molecule has 1 atom stereocenters. The van der Waals surface area contributed by atoms with Crippen molar-refractivity contribution >= 4 is 17.7 Å². The lowest BCUT2D eigenvalue weighted by atomic mass is 10.2. The Morgan fingerprint density at radius 1 is 1.25 bits per heavy atom. The molecule has 8 nitrogen and oxygen atoms in total. The van der Waals surface area contributed by atoms with Crippen molar-refractivity contribution in [2.24, 2.45) is 0 Å². The molecule has 0 spiro atoms. The lowest BCUT2D eigenvalue weighted by Crippen LogP contribution is -2.44. The Morgan fingerprint density at radius 3 is 2.42 bits per heavy atom. The van der Waals surface area contributed by atoms with Gasteiger partial charge in [0.05, 0.1) is 4.92 Å². The van der Waals surface area contributed by atoms with Gasteiger partial charge in [-0.1, -0.05) is 0 Å². The van der Waals surface area contributed by atoms with Crippen molar-refractivity contribution < 1.29 is 24.0 Å². The molecule has 0 aromatic heterocycles. The predicted molar refractivity (Wildman–Crippen MR) is 84.7 cm³/mol. The van der Waals surface area contributed by atoms with Crippen molar-refractivity contribution in [3.8, 4) is 5.75 Å². The first kappa shape index (κ1) is 17.7. The number of carbonyl (C=O) groups is 2. The van der Waals surface area contributed by atoms with Crippen LogP contribution in [-0.2, 0) is 9.53 Å². The van der Waals surface area contributed by atoms with Gasteiger partial charge in [-0.05, 0) is 45.7 Å². The number of hydrogen-bond acceptors (Lipinski definition) is 6.